The Balaban J connectivity index is 1.46. The molecule has 0 bridgehead atoms. The van der Waals surface area contributed by atoms with E-state index in [9.17, 15) is 9.59 Å². The molecule has 2 amide bonds. The van der Waals surface area contributed by atoms with Gasteiger partial charge in [0.05, 0.1) is 11.4 Å². The highest BCUT2D eigenvalue weighted by atomic mass is 32.1. The van der Waals surface area contributed by atoms with E-state index in [1.165, 1.54) is 16.9 Å². The molecule has 7 nitrogen and oxygen atoms in total. The summed E-state index contributed by atoms with van der Waals surface area (Å²) in [6.07, 6.45) is 2.63. The number of carbonyl (C=O) groups excluding carboxylic acids is 2. The predicted molar refractivity (Wildman–Crippen MR) is 130 cm³/mol. The number of anilines is 2. The fraction of sp³-hybridized carbons (Fsp3) is 0.240. The number of hydrogen-bond acceptors (Lipinski definition) is 6. The Hall–Kier alpha value is -3.65. The lowest BCUT2D eigenvalue weighted by Crippen LogP contribution is -2.38. The van der Waals surface area contributed by atoms with E-state index in [0.717, 1.165) is 22.6 Å². The van der Waals surface area contributed by atoms with Crippen LogP contribution in [0.5, 0.6) is 11.5 Å². The Bertz CT molecular complexity index is 1190. The van der Waals surface area contributed by atoms with Crippen LogP contribution in [0.25, 0.3) is 11.3 Å². The van der Waals surface area contributed by atoms with Crippen molar-refractivity contribution in [2.45, 2.75) is 20.3 Å². The molecule has 3 aromatic rings. The van der Waals surface area contributed by atoms with Crippen molar-refractivity contribution in [1.29, 1.82) is 0 Å². The summed E-state index contributed by atoms with van der Waals surface area (Å²) < 4.78 is 11.1. The topological polar surface area (TPSA) is 80.8 Å². The molecule has 0 spiro atoms. The second kappa shape index (κ2) is 9.87. The molecule has 1 aliphatic rings. The minimum absolute atomic E-state index is 0.0108. The van der Waals surface area contributed by atoms with Gasteiger partial charge in [-0.3, -0.25) is 14.9 Å². The number of aromatic nitrogens is 1. The summed E-state index contributed by atoms with van der Waals surface area (Å²) in [6, 6.07) is 13.3. The number of ether oxygens (including phenoxy) is 2. The number of aryl methyl sites for hydroxylation is 2. The van der Waals surface area contributed by atoms with E-state index in [4.69, 9.17) is 9.47 Å². The van der Waals surface area contributed by atoms with Crippen LogP contribution >= 0.6 is 11.3 Å². The number of nitrogens with one attached hydrogen (secondary N) is 1. The quantitative estimate of drug-likeness (QED) is 0.494. The maximum absolute atomic E-state index is 12.4. The first-order valence-corrected chi connectivity index (χ1v) is 11.5. The second-order valence-corrected chi connectivity index (χ2v) is 8.73. The molecule has 4 rings (SSSR count). The molecule has 0 saturated carbocycles. The zero-order valence-corrected chi connectivity index (χ0v) is 19.4. The average Bonchev–Trinajstić information content (AvgIpc) is 3.19. The Morgan fingerprint density at radius 3 is 2.82 bits per heavy atom. The molecule has 0 atom stereocenters. The second-order valence-electron chi connectivity index (χ2n) is 7.52. The van der Waals surface area contributed by atoms with E-state index < -0.39 is 0 Å². The predicted octanol–water partition coefficient (Wildman–Crippen LogP) is 4.61. The summed E-state index contributed by atoms with van der Waals surface area (Å²) in [4.78, 5) is 31.8. The molecule has 0 unspecified atom stereocenters. The number of rotatable bonds is 8. The van der Waals surface area contributed by atoms with Gasteiger partial charge in [0.2, 0.25) is 0 Å². The zero-order chi connectivity index (χ0) is 23.4. The van der Waals surface area contributed by atoms with Crippen LogP contribution in [-0.2, 0) is 16.0 Å². The third-order valence-corrected chi connectivity index (χ3v) is 6.12. The molecule has 1 aliphatic heterocycles. The van der Waals surface area contributed by atoms with Crippen LogP contribution in [0.3, 0.4) is 0 Å². The van der Waals surface area contributed by atoms with Crippen molar-refractivity contribution >= 4 is 34.0 Å². The highest BCUT2D eigenvalue weighted by Crippen LogP contribution is 2.38. The molecule has 0 aliphatic carbocycles. The van der Waals surface area contributed by atoms with Crippen LogP contribution in [0, 0.1) is 6.92 Å². The summed E-state index contributed by atoms with van der Waals surface area (Å²) in [5.41, 5.74) is 3.47. The van der Waals surface area contributed by atoms with Crippen LogP contribution in [0.2, 0.25) is 0 Å². The summed E-state index contributed by atoms with van der Waals surface area (Å²) in [5, 5.41) is 3.30. The molecule has 0 radical (unpaired) electrons. The first kappa shape index (κ1) is 22.5. The molecule has 1 aromatic heterocycles. The lowest BCUT2D eigenvalue weighted by atomic mass is 10.1. The van der Waals surface area contributed by atoms with Crippen LogP contribution < -0.4 is 19.7 Å². The fourth-order valence-corrected chi connectivity index (χ4v) is 4.37. The largest absolute Gasteiger partial charge is 0.484 e. The van der Waals surface area contributed by atoms with Gasteiger partial charge in [0.25, 0.3) is 11.8 Å². The van der Waals surface area contributed by atoms with Crippen LogP contribution in [0.15, 0.2) is 55.1 Å². The van der Waals surface area contributed by atoms with Gasteiger partial charge in [-0.15, -0.1) is 17.9 Å². The van der Waals surface area contributed by atoms with Crippen LogP contribution in [0.1, 0.15) is 17.4 Å². The molecule has 2 aromatic carbocycles. The van der Waals surface area contributed by atoms with E-state index in [0.29, 0.717) is 28.9 Å². The molecule has 2 heterocycles. The third-order valence-electron chi connectivity index (χ3n) is 5.23. The average molecular weight is 464 g/mol. The van der Waals surface area contributed by atoms with E-state index in [-0.39, 0.29) is 25.0 Å². The monoisotopic (exact) mass is 463 g/mol. The van der Waals surface area contributed by atoms with Gasteiger partial charge in [-0.05, 0) is 49.2 Å². The first-order chi connectivity index (χ1) is 16.0. The Kier molecular flexibility index (Phi) is 6.74. The molecule has 1 N–H and O–H groups in total. The van der Waals surface area contributed by atoms with Crippen molar-refractivity contribution < 1.29 is 19.1 Å². The van der Waals surface area contributed by atoms with Crippen molar-refractivity contribution in [3.63, 3.8) is 0 Å². The molecular formula is C25H25N3O4S. The maximum Gasteiger partial charge on any atom is 0.265 e. The van der Waals surface area contributed by atoms with Gasteiger partial charge in [-0.25, -0.2) is 4.98 Å². The Morgan fingerprint density at radius 1 is 1.30 bits per heavy atom. The van der Waals surface area contributed by atoms with E-state index in [1.54, 1.807) is 11.0 Å². The maximum atomic E-state index is 12.4. The van der Waals surface area contributed by atoms with Gasteiger partial charge in [0.15, 0.2) is 18.3 Å². The van der Waals surface area contributed by atoms with Gasteiger partial charge >= 0.3 is 0 Å². The van der Waals surface area contributed by atoms with E-state index in [1.807, 2.05) is 49.4 Å². The van der Waals surface area contributed by atoms with Crippen molar-refractivity contribution in [2.75, 3.05) is 30.0 Å². The Labute approximate surface area is 196 Å². The smallest absolute Gasteiger partial charge is 0.265 e. The normalized spacial score (nSPS) is 12.7. The van der Waals surface area contributed by atoms with Crippen molar-refractivity contribution in [3.05, 3.63) is 65.6 Å². The Morgan fingerprint density at radius 2 is 2.09 bits per heavy atom. The van der Waals surface area contributed by atoms with Crippen LogP contribution in [0.4, 0.5) is 10.8 Å². The minimum atomic E-state index is -0.281. The molecule has 0 saturated heterocycles. The number of hydrogen-bond donors (Lipinski definition) is 1. The van der Waals surface area contributed by atoms with Gasteiger partial charge in [-0.1, -0.05) is 25.1 Å². The SMILES string of the molecule is C=CCN1C(=O)COc2ccc(-c3nc(NC(=O)COc4ccc(CC)cc4)sc3C)cc21. The lowest BCUT2D eigenvalue weighted by molar-refractivity contribution is -0.121. The number of thiazole rings is 1. The number of amides is 2. The molecule has 0 fully saturated rings. The van der Waals surface area contributed by atoms with E-state index >= 15 is 0 Å². The number of benzene rings is 2. The minimum Gasteiger partial charge on any atom is -0.484 e. The summed E-state index contributed by atoms with van der Waals surface area (Å²) in [7, 11) is 0. The number of carbonyl (C=O) groups is 2. The third kappa shape index (κ3) is 5.06. The highest BCUT2D eigenvalue weighted by Gasteiger charge is 2.25. The molecule has 8 heteroatoms. The highest BCUT2D eigenvalue weighted by molar-refractivity contribution is 7.16. The van der Waals surface area contributed by atoms with Crippen LogP contribution in [-0.4, -0.2) is 36.6 Å². The number of nitrogens with zero attached hydrogens (tertiary/aromatic N) is 2. The molecule has 33 heavy (non-hydrogen) atoms. The summed E-state index contributed by atoms with van der Waals surface area (Å²) in [5.74, 6) is 0.891. The standard InChI is InChI=1S/C25H25N3O4S/c1-4-12-28-20-13-18(8-11-21(20)32-15-23(28)30)24-16(3)33-25(27-24)26-22(29)14-31-19-9-6-17(5-2)7-10-19/h4,6-11,13H,1,5,12,14-15H2,2-3H3,(H,26,27,29). The van der Waals surface area contributed by atoms with Crippen molar-refractivity contribution in [1.82, 2.24) is 4.98 Å². The van der Waals surface area contributed by atoms with Gasteiger partial charge in [0.1, 0.15) is 11.5 Å². The lowest BCUT2D eigenvalue weighted by Gasteiger charge is -2.28. The van der Waals surface area contributed by atoms with Gasteiger partial charge in [-0.2, -0.15) is 0 Å². The zero-order valence-electron chi connectivity index (χ0n) is 18.6. The van der Waals surface area contributed by atoms with Gasteiger partial charge < -0.3 is 14.4 Å². The molecular weight excluding hydrogens is 438 g/mol. The van der Waals surface area contributed by atoms with Crippen molar-refractivity contribution in [2.24, 2.45) is 0 Å². The fourth-order valence-electron chi connectivity index (χ4n) is 3.52. The first-order valence-electron chi connectivity index (χ1n) is 10.7. The number of fused-ring (bicyclic) bond motifs is 1. The summed E-state index contributed by atoms with van der Waals surface area (Å²) >= 11 is 1.39. The van der Waals surface area contributed by atoms with Gasteiger partial charge in [0, 0.05) is 17.0 Å². The molecule has 170 valence electrons. The van der Waals surface area contributed by atoms with Crippen molar-refractivity contribution in [3.8, 4) is 22.8 Å². The van der Waals surface area contributed by atoms with E-state index in [2.05, 4.69) is 23.8 Å². The summed E-state index contributed by atoms with van der Waals surface area (Å²) in [6.45, 7) is 8.07.